The Kier molecular flexibility index (Phi) is 5.10. The summed E-state index contributed by atoms with van der Waals surface area (Å²) >= 11 is 0. The van der Waals surface area contributed by atoms with Gasteiger partial charge in [-0.05, 0) is 23.8 Å². The van der Waals surface area contributed by atoms with Gasteiger partial charge >= 0.3 is 0 Å². The van der Waals surface area contributed by atoms with Crippen LogP contribution in [0.4, 0.5) is 0 Å². The monoisotopic (exact) mass is 292 g/mol. The number of rotatable bonds is 4. The SMILES string of the molecule is CC(C)CC1CN(Cc2ccn(C)n2)C(C(C)(C)C)CN1. The molecule has 2 unspecified atom stereocenters. The predicted octanol–water partition coefficient (Wildman–Crippen LogP) is 2.65. The van der Waals surface area contributed by atoms with Crippen LogP contribution in [0.2, 0.25) is 0 Å². The molecule has 1 N–H and O–H groups in total. The highest BCUT2D eigenvalue weighted by Gasteiger charge is 2.35. The maximum atomic E-state index is 4.56. The number of hydrogen-bond acceptors (Lipinski definition) is 3. The van der Waals surface area contributed by atoms with Crippen molar-refractivity contribution >= 4 is 0 Å². The van der Waals surface area contributed by atoms with Crippen molar-refractivity contribution in [3.8, 4) is 0 Å². The quantitative estimate of drug-likeness (QED) is 0.926. The van der Waals surface area contributed by atoms with E-state index in [1.54, 1.807) is 0 Å². The van der Waals surface area contributed by atoms with Crippen LogP contribution in [0.25, 0.3) is 0 Å². The zero-order valence-corrected chi connectivity index (χ0v) is 14.6. The fourth-order valence-electron chi connectivity index (χ4n) is 3.39. The van der Waals surface area contributed by atoms with Gasteiger partial charge in [0.05, 0.1) is 5.69 Å². The topological polar surface area (TPSA) is 33.1 Å². The Labute approximate surface area is 129 Å². The highest BCUT2D eigenvalue weighted by molar-refractivity contribution is 5.02. The fraction of sp³-hybridized carbons (Fsp3) is 0.824. The molecule has 0 radical (unpaired) electrons. The summed E-state index contributed by atoms with van der Waals surface area (Å²) in [7, 11) is 1.99. The standard InChI is InChI=1S/C17H32N4/c1-13(2)9-15-12-21(11-14-7-8-20(6)19-14)16(10-18-15)17(3,4)5/h7-8,13,15-16,18H,9-12H2,1-6H3. The van der Waals surface area contributed by atoms with Gasteiger partial charge in [-0.2, -0.15) is 5.10 Å². The van der Waals surface area contributed by atoms with Crippen molar-refractivity contribution < 1.29 is 0 Å². The van der Waals surface area contributed by atoms with E-state index in [0.717, 1.165) is 25.6 Å². The molecule has 0 aromatic carbocycles. The molecule has 2 atom stereocenters. The minimum absolute atomic E-state index is 0.282. The zero-order chi connectivity index (χ0) is 15.6. The first-order valence-electron chi connectivity index (χ1n) is 8.21. The Balaban J connectivity index is 2.09. The maximum Gasteiger partial charge on any atom is 0.0764 e. The van der Waals surface area contributed by atoms with Gasteiger partial charge < -0.3 is 5.32 Å². The van der Waals surface area contributed by atoms with E-state index < -0.39 is 0 Å². The van der Waals surface area contributed by atoms with Crippen LogP contribution in [0, 0.1) is 11.3 Å². The molecule has 1 fully saturated rings. The van der Waals surface area contributed by atoms with E-state index in [-0.39, 0.29) is 5.41 Å². The summed E-state index contributed by atoms with van der Waals surface area (Å²) in [4.78, 5) is 2.63. The Bertz CT molecular complexity index is 444. The van der Waals surface area contributed by atoms with E-state index in [2.05, 4.69) is 56.0 Å². The van der Waals surface area contributed by atoms with E-state index in [0.29, 0.717) is 12.1 Å². The van der Waals surface area contributed by atoms with Gasteiger partial charge in [0.15, 0.2) is 0 Å². The van der Waals surface area contributed by atoms with Crippen molar-refractivity contribution in [3.63, 3.8) is 0 Å². The molecule has 0 aliphatic carbocycles. The summed E-state index contributed by atoms with van der Waals surface area (Å²) in [6.45, 7) is 14.8. The van der Waals surface area contributed by atoms with E-state index in [1.165, 1.54) is 12.1 Å². The maximum absolute atomic E-state index is 4.56. The predicted molar refractivity (Wildman–Crippen MR) is 88.1 cm³/mol. The van der Waals surface area contributed by atoms with Gasteiger partial charge in [0.2, 0.25) is 0 Å². The molecule has 0 bridgehead atoms. The normalized spacial score (nSPS) is 24.7. The average molecular weight is 292 g/mol. The molecule has 1 saturated heterocycles. The lowest BCUT2D eigenvalue weighted by Crippen LogP contribution is -2.60. The van der Waals surface area contributed by atoms with Crippen molar-refractivity contribution in [1.29, 1.82) is 0 Å². The largest absolute Gasteiger partial charge is 0.311 e. The number of piperazine rings is 1. The molecule has 2 rings (SSSR count). The molecule has 1 aromatic heterocycles. The van der Waals surface area contributed by atoms with Crippen LogP contribution in [0.3, 0.4) is 0 Å². The minimum Gasteiger partial charge on any atom is -0.311 e. The molecular formula is C17H32N4. The Morgan fingerprint density at radius 3 is 2.62 bits per heavy atom. The van der Waals surface area contributed by atoms with Crippen molar-refractivity contribution in [2.75, 3.05) is 13.1 Å². The third kappa shape index (κ3) is 4.55. The summed E-state index contributed by atoms with van der Waals surface area (Å²) < 4.78 is 1.90. The van der Waals surface area contributed by atoms with Crippen molar-refractivity contribution in [2.24, 2.45) is 18.4 Å². The first-order chi connectivity index (χ1) is 9.75. The molecular weight excluding hydrogens is 260 g/mol. The first kappa shape index (κ1) is 16.5. The van der Waals surface area contributed by atoms with Crippen LogP contribution in [0.5, 0.6) is 0 Å². The Morgan fingerprint density at radius 1 is 1.38 bits per heavy atom. The van der Waals surface area contributed by atoms with Crippen LogP contribution in [0.1, 0.15) is 46.7 Å². The van der Waals surface area contributed by atoms with Gasteiger partial charge in [0, 0.05) is 45.0 Å². The fourth-order valence-corrected chi connectivity index (χ4v) is 3.39. The number of aromatic nitrogens is 2. The highest BCUT2D eigenvalue weighted by Crippen LogP contribution is 2.28. The molecule has 120 valence electrons. The van der Waals surface area contributed by atoms with E-state index >= 15 is 0 Å². The summed E-state index contributed by atoms with van der Waals surface area (Å²) in [5.74, 6) is 0.741. The average Bonchev–Trinajstić information content (AvgIpc) is 2.72. The lowest BCUT2D eigenvalue weighted by Gasteiger charge is -2.46. The second-order valence-corrected chi connectivity index (χ2v) is 8.03. The molecule has 2 heterocycles. The van der Waals surface area contributed by atoms with E-state index in [1.807, 2.05) is 17.9 Å². The summed E-state index contributed by atoms with van der Waals surface area (Å²) in [5, 5.41) is 8.32. The van der Waals surface area contributed by atoms with Gasteiger partial charge in [-0.25, -0.2) is 0 Å². The summed E-state index contributed by atoms with van der Waals surface area (Å²) in [6.07, 6.45) is 3.28. The smallest absolute Gasteiger partial charge is 0.0764 e. The number of nitrogens with one attached hydrogen (secondary N) is 1. The van der Waals surface area contributed by atoms with Crippen LogP contribution in [-0.2, 0) is 13.6 Å². The molecule has 0 saturated carbocycles. The lowest BCUT2D eigenvalue weighted by molar-refractivity contribution is 0.0441. The molecule has 1 aliphatic heterocycles. The van der Waals surface area contributed by atoms with Gasteiger partial charge in [0.1, 0.15) is 0 Å². The second-order valence-electron chi connectivity index (χ2n) is 8.03. The van der Waals surface area contributed by atoms with Gasteiger partial charge in [-0.3, -0.25) is 9.58 Å². The van der Waals surface area contributed by atoms with Gasteiger partial charge in [0.25, 0.3) is 0 Å². The zero-order valence-electron chi connectivity index (χ0n) is 14.6. The van der Waals surface area contributed by atoms with E-state index in [9.17, 15) is 0 Å². The molecule has 4 heteroatoms. The third-order valence-electron chi connectivity index (χ3n) is 4.39. The van der Waals surface area contributed by atoms with Gasteiger partial charge in [-0.15, -0.1) is 0 Å². The molecule has 0 amide bonds. The van der Waals surface area contributed by atoms with Crippen LogP contribution in [-0.4, -0.2) is 39.9 Å². The van der Waals surface area contributed by atoms with Crippen LogP contribution in [0.15, 0.2) is 12.3 Å². The Hall–Kier alpha value is -0.870. The van der Waals surface area contributed by atoms with Gasteiger partial charge in [-0.1, -0.05) is 34.6 Å². The molecule has 1 aliphatic rings. The van der Waals surface area contributed by atoms with Crippen LogP contribution >= 0.6 is 0 Å². The molecule has 4 nitrogen and oxygen atoms in total. The number of nitrogens with zero attached hydrogens (tertiary/aromatic N) is 3. The van der Waals surface area contributed by atoms with Crippen molar-refractivity contribution in [1.82, 2.24) is 20.0 Å². The lowest BCUT2D eigenvalue weighted by atomic mass is 9.83. The summed E-state index contributed by atoms with van der Waals surface area (Å²) in [6, 6.07) is 3.30. The number of aryl methyl sites for hydroxylation is 1. The van der Waals surface area contributed by atoms with Crippen molar-refractivity contribution in [3.05, 3.63) is 18.0 Å². The Morgan fingerprint density at radius 2 is 2.10 bits per heavy atom. The van der Waals surface area contributed by atoms with Crippen molar-refractivity contribution in [2.45, 2.75) is 59.7 Å². The van der Waals surface area contributed by atoms with E-state index in [4.69, 9.17) is 0 Å². The molecule has 0 spiro atoms. The highest BCUT2D eigenvalue weighted by atomic mass is 15.3. The number of hydrogen-bond donors (Lipinski definition) is 1. The minimum atomic E-state index is 0.282. The summed E-state index contributed by atoms with van der Waals surface area (Å²) in [5.41, 5.74) is 1.46. The third-order valence-corrected chi connectivity index (χ3v) is 4.39. The molecule has 21 heavy (non-hydrogen) atoms. The van der Waals surface area contributed by atoms with Crippen LogP contribution < -0.4 is 5.32 Å². The second kappa shape index (κ2) is 6.49. The first-order valence-corrected chi connectivity index (χ1v) is 8.21. The molecule has 1 aromatic rings.